The van der Waals surface area contributed by atoms with E-state index in [0.29, 0.717) is 44.1 Å². The molecule has 0 bridgehead atoms. The number of nitrogens with one attached hydrogen (secondary N) is 1. The van der Waals surface area contributed by atoms with Gasteiger partial charge >= 0.3 is 12.2 Å². The lowest BCUT2D eigenvalue weighted by molar-refractivity contribution is -0.139. The molecule has 2 aromatic carbocycles. The number of alkyl halides is 3. The van der Waals surface area contributed by atoms with Crippen LogP contribution in [0.25, 0.3) is 11.3 Å². The molecule has 10 heteroatoms. The third kappa shape index (κ3) is 5.11. The Kier molecular flexibility index (Phi) is 6.41. The van der Waals surface area contributed by atoms with E-state index in [1.807, 2.05) is 43.0 Å². The van der Waals surface area contributed by atoms with Crippen LogP contribution < -0.4 is 10.2 Å². The van der Waals surface area contributed by atoms with Gasteiger partial charge in [-0.25, -0.2) is 9.18 Å². The number of anilines is 2. The average Bonchev–Trinajstić information content (AvgIpc) is 2.81. The van der Waals surface area contributed by atoms with Gasteiger partial charge in [0.1, 0.15) is 5.82 Å². The summed E-state index contributed by atoms with van der Waals surface area (Å²) in [6, 6.07) is 11.7. The number of nitrogens with zero attached hydrogens (tertiary/aromatic N) is 4. The molecule has 2 heterocycles. The quantitative estimate of drug-likeness (QED) is 0.527. The predicted octanol–water partition coefficient (Wildman–Crippen LogP) is 5.27. The zero-order chi connectivity index (χ0) is 24.5. The second-order valence-electron chi connectivity index (χ2n) is 8.17. The fourth-order valence-electron chi connectivity index (χ4n) is 3.71. The first-order chi connectivity index (χ1) is 16.1. The number of hydrogen-bond acceptors (Lipinski definition) is 4. The topological polar surface area (TPSA) is 61.4 Å². The van der Waals surface area contributed by atoms with Gasteiger partial charge in [-0.1, -0.05) is 12.1 Å². The van der Waals surface area contributed by atoms with Gasteiger partial charge < -0.3 is 15.1 Å². The first-order valence-electron chi connectivity index (χ1n) is 10.7. The van der Waals surface area contributed by atoms with Crippen molar-refractivity contribution in [2.75, 3.05) is 36.4 Å². The van der Waals surface area contributed by atoms with E-state index in [0.717, 1.165) is 17.3 Å². The summed E-state index contributed by atoms with van der Waals surface area (Å²) < 4.78 is 52.2. The van der Waals surface area contributed by atoms with Crippen molar-refractivity contribution in [1.29, 1.82) is 0 Å². The molecular formula is C24H23F4N5O. The summed E-state index contributed by atoms with van der Waals surface area (Å²) in [4.78, 5) is 16.0. The lowest BCUT2D eigenvalue weighted by Crippen LogP contribution is -2.50. The maximum atomic E-state index is 13.5. The van der Waals surface area contributed by atoms with Crippen LogP contribution >= 0.6 is 0 Å². The highest BCUT2D eigenvalue weighted by Crippen LogP contribution is 2.33. The van der Waals surface area contributed by atoms with Crippen molar-refractivity contribution >= 4 is 17.5 Å². The lowest BCUT2D eigenvalue weighted by atomic mass is 10.0. The number of piperazine rings is 1. The lowest BCUT2D eigenvalue weighted by Gasteiger charge is -2.35. The minimum atomic E-state index is -4.84. The van der Waals surface area contributed by atoms with Gasteiger partial charge in [0, 0.05) is 37.4 Å². The zero-order valence-corrected chi connectivity index (χ0v) is 18.7. The molecule has 0 aliphatic carbocycles. The van der Waals surface area contributed by atoms with E-state index in [1.54, 1.807) is 0 Å². The molecule has 0 atom stereocenters. The molecule has 178 valence electrons. The van der Waals surface area contributed by atoms with Gasteiger partial charge in [0.25, 0.3) is 0 Å². The maximum absolute atomic E-state index is 13.5. The van der Waals surface area contributed by atoms with E-state index in [2.05, 4.69) is 21.6 Å². The summed E-state index contributed by atoms with van der Waals surface area (Å²) in [5.41, 5.74) is 2.59. The Hall–Kier alpha value is -3.69. The SMILES string of the molecule is Cc1ccc(-c2ccc(N3CCN(C(=O)Nc4ccc(F)c(C(F)(F)F)c4)CC3)nn2)cc1C. The van der Waals surface area contributed by atoms with Gasteiger partial charge in [-0.15, -0.1) is 10.2 Å². The predicted molar refractivity (Wildman–Crippen MR) is 121 cm³/mol. The van der Waals surface area contributed by atoms with Crippen LogP contribution in [0.4, 0.5) is 33.9 Å². The monoisotopic (exact) mass is 473 g/mol. The molecule has 6 nitrogen and oxygen atoms in total. The number of carbonyl (C=O) groups is 1. The molecule has 4 rings (SSSR count). The Balaban J connectivity index is 1.36. The zero-order valence-electron chi connectivity index (χ0n) is 18.7. The standard InChI is InChI=1S/C24H23F4N5O/c1-15-3-4-17(13-16(15)2)21-7-8-22(31-30-21)32-9-11-33(12-10-32)23(34)29-18-5-6-20(25)19(14-18)24(26,27)28/h3-8,13-14H,9-12H2,1-2H3,(H,29,34). The first kappa shape index (κ1) is 23.5. The highest BCUT2D eigenvalue weighted by molar-refractivity contribution is 5.89. The van der Waals surface area contributed by atoms with Crippen LogP contribution in [0.1, 0.15) is 16.7 Å². The largest absolute Gasteiger partial charge is 0.419 e. The summed E-state index contributed by atoms with van der Waals surface area (Å²) in [6.45, 7) is 5.76. The second kappa shape index (κ2) is 9.28. The minimum absolute atomic E-state index is 0.117. The molecule has 2 amide bonds. The summed E-state index contributed by atoms with van der Waals surface area (Å²) in [5, 5.41) is 11.1. The van der Waals surface area contributed by atoms with E-state index in [4.69, 9.17) is 0 Å². The smallest absolute Gasteiger partial charge is 0.352 e. The van der Waals surface area contributed by atoms with Crippen LogP contribution in [-0.2, 0) is 6.18 Å². The molecule has 0 radical (unpaired) electrons. The third-order valence-electron chi connectivity index (χ3n) is 5.87. The van der Waals surface area contributed by atoms with Crippen molar-refractivity contribution in [3.63, 3.8) is 0 Å². The Morgan fingerprint density at radius 3 is 2.26 bits per heavy atom. The van der Waals surface area contributed by atoms with Crippen molar-refractivity contribution in [3.8, 4) is 11.3 Å². The molecule has 1 aliphatic rings. The molecule has 1 saturated heterocycles. The highest BCUT2D eigenvalue weighted by atomic mass is 19.4. The summed E-state index contributed by atoms with van der Waals surface area (Å²) >= 11 is 0. The van der Waals surface area contributed by atoms with E-state index in [9.17, 15) is 22.4 Å². The molecule has 1 N–H and O–H groups in total. The van der Waals surface area contributed by atoms with Crippen molar-refractivity contribution in [3.05, 3.63) is 71.0 Å². The highest BCUT2D eigenvalue weighted by Gasteiger charge is 2.34. The fourth-order valence-corrected chi connectivity index (χ4v) is 3.71. The normalized spacial score (nSPS) is 14.3. The van der Waals surface area contributed by atoms with Crippen molar-refractivity contribution in [1.82, 2.24) is 15.1 Å². The van der Waals surface area contributed by atoms with E-state index >= 15 is 0 Å². The Morgan fingerprint density at radius 2 is 1.65 bits per heavy atom. The van der Waals surface area contributed by atoms with Gasteiger partial charge in [-0.3, -0.25) is 0 Å². The van der Waals surface area contributed by atoms with E-state index in [-0.39, 0.29) is 5.69 Å². The summed E-state index contributed by atoms with van der Waals surface area (Å²) in [5.74, 6) is -0.704. The number of halogens is 4. The van der Waals surface area contributed by atoms with Crippen molar-refractivity contribution < 1.29 is 22.4 Å². The van der Waals surface area contributed by atoms with E-state index < -0.39 is 23.6 Å². The van der Waals surface area contributed by atoms with Crippen LogP contribution in [0, 0.1) is 19.7 Å². The molecule has 0 spiro atoms. The van der Waals surface area contributed by atoms with Gasteiger partial charge in [-0.05, 0) is 61.4 Å². The summed E-state index contributed by atoms with van der Waals surface area (Å²) in [7, 11) is 0. The third-order valence-corrected chi connectivity index (χ3v) is 5.87. The molecule has 1 aromatic heterocycles. The Bertz CT molecular complexity index is 1190. The van der Waals surface area contributed by atoms with Crippen LogP contribution in [0.5, 0.6) is 0 Å². The molecule has 1 aliphatic heterocycles. The van der Waals surface area contributed by atoms with Gasteiger partial charge in [0.05, 0.1) is 11.3 Å². The van der Waals surface area contributed by atoms with Gasteiger partial charge in [0.2, 0.25) is 0 Å². The number of amides is 2. The number of benzene rings is 2. The number of rotatable bonds is 3. The Labute approximate surface area is 194 Å². The summed E-state index contributed by atoms with van der Waals surface area (Å²) in [6.07, 6.45) is -4.84. The number of hydrogen-bond donors (Lipinski definition) is 1. The first-order valence-corrected chi connectivity index (χ1v) is 10.7. The number of carbonyl (C=O) groups excluding carboxylic acids is 1. The molecule has 3 aromatic rings. The van der Waals surface area contributed by atoms with Crippen LogP contribution in [0.2, 0.25) is 0 Å². The molecule has 0 unspecified atom stereocenters. The molecule has 1 fully saturated rings. The van der Waals surface area contributed by atoms with E-state index in [1.165, 1.54) is 16.0 Å². The van der Waals surface area contributed by atoms with Gasteiger partial charge in [-0.2, -0.15) is 13.2 Å². The van der Waals surface area contributed by atoms with Crippen LogP contribution in [0.3, 0.4) is 0 Å². The van der Waals surface area contributed by atoms with Crippen molar-refractivity contribution in [2.45, 2.75) is 20.0 Å². The fraction of sp³-hybridized carbons (Fsp3) is 0.292. The molecule has 0 saturated carbocycles. The molecular weight excluding hydrogens is 450 g/mol. The number of aryl methyl sites for hydroxylation is 2. The van der Waals surface area contributed by atoms with Crippen molar-refractivity contribution in [2.24, 2.45) is 0 Å². The van der Waals surface area contributed by atoms with Gasteiger partial charge in [0.15, 0.2) is 5.82 Å². The van der Waals surface area contributed by atoms with Crippen LogP contribution in [0.15, 0.2) is 48.5 Å². The minimum Gasteiger partial charge on any atom is -0.352 e. The average molecular weight is 473 g/mol. The number of aromatic nitrogens is 2. The second-order valence-corrected chi connectivity index (χ2v) is 8.17. The number of urea groups is 1. The maximum Gasteiger partial charge on any atom is 0.419 e. The van der Waals surface area contributed by atoms with Crippen LogP contribution in [-0.4, -0.2) is 47.3 Å². The Morgan fingerprint density at radius 1 is 0.912 bits per heavy atom. The molecule has 34 heavy (non-hydrogen) atoms.